The van der Waals surface area contributed by atoms with Crippen LogP contribution in [0.4, 0.5) is 0 Å². The zero-order valence-electron chi connectivity index (χ0n) is 11.0. The molecule has 18 heavy (non-hydrogen) atoms. The van der Waals surface area contributed by atoms with E-state index in [1.54, 1.807) is 25.6 Å². The van der Waals surface area contributed by atoms with Crippen molar-refractivity contribution in [1.82, 2.24) is 0 Å². The van der Waals surface area contributed by atoms with E-state index >= 15 is 0 Å². The largest absolute Gasteiger partial charge is 0.351 e. The number of hydrogen-bond acceptors (Lipinski definition) is 5. The third-order valence-electron chi connectivity index (χ3n) is 2.42. The van der Waals surface area contributed by atoms with Crippen LogP contribution < -0.4 is 5.73 Å². The van der Waals surface area contributed by atoms with E-state index in [1.807, 2.05) is 30.5 Å². The van der Waals surface area contributed by atoms with E-state index in [0.717, 1.165) is 10.5 Å². The van der Waals surface area contributed by atoms with Gasteiger partial charge in [0.05, 0.1) is 13.2 Å². The van der Waals surface area contributed by atoms with Gasteiger partial charge >= 0.3 is 7.60 Å². The fourth-order valence-corrected chi connectivity index (χ4v) is 3.60. The fourth-order valence-electron chi connectivity index (χ4n) is 1.54. The second-order valence-corrected chi connectivity index (χ2v) is 6.63. The predicted molar refractivity (Wildman–Crippen MR) is 76.0 cm³/mol. The summed E-state index contributed by atoms with van der Waals surface area (Å²) in [6.07, 6.45) is 2.00. The van der Waals surface area contributed by atoms with E-state index in [9.17, 15) is 4.57 Å². The van der Waals surface area contributed by atoms with Gasteiger partial charge in [0.1, 0.15) is 5.78 Å². The third-order valence-corrected chi connectivity index (χ3v) is 5.38. The molecule has 1 aromatic rings. The van der Waals surface area contributed by atoms with Crippen LogP contribution in [0.3, 0.4) is 0 Å². The number of nitrogens with two attached hydrogens (primary N) is 1. The SMILES string of the molecule is CCOP(=O)(OCC)[C@H](N)c1ccc(SC)cc1. The molecule has 0 unspecified atom stereocenters. The molecule has 102 valence electrons. The standard InChI is InChI=1S/C12H20NO3PS/c1-4-15-17(14,16-5-2)12(13)10-6-8-11(18-3)9-7-10/h6-9,12H,4-5,13H2,1-3H3/t12-/m0/s1. The lowest BCUT2D eigenvalue weighted by atomic mass is 10.2. The van der Waals surface area contributed by atoms with Crippen LogP contribution in [-0.2, 0) is 13.6 Å². The zero-order valence-corrected chi connectivity index (χ0v) is 12.7. The molecule has 0 amide bonds. The highest BCUT2D eigenvalue weighted by Gasteiger charge is 2.33. The van der Waals surface area contributed by atoms with Gasteiger partial charge in [-0.3, -0.25) is 4.57 Å². The number of rotatable bonds is 7. The van der Waals surface area contributed by atoms with Crippen LogP contribution in [0.15, 0.2) is 29.2 Å². The molecule has 6 heteroatoms. The molecule has 0 bridgehead atoms. The fraction of sp³-hybridized carbons (Fsp3) is 0.500. The van der Waals surface area contributed by atoms with Gasteiger partial charge in [-0.1, -0.05) is 12.1 Å². The number of thioether (sulfide) groups is 1. The first-order valence-corrected chi connectivity index (χ1v) is 8.69. The predicted octanol–water partition coefficient (Wildman–Crippen LogP) is 3.63. The summed E-state index contributed by atoms with van der Waals surface area (Å²) in [5.41, 5.74) is 6.78. The van der Waals surface area contributed by atoms with Crippen LogP contribution in [0, 0.1) is 0 Å². The molecular formula is C12H20NO3PS. The second kappa shape index (κ2) is 7.31. The lowest BCUT2D eigenvalue weighted by Gasteiger charge is -2.23. The smallest absolute Gasteiger partial charge is 0.314 e. The van der Waals surface area contributed by atoms with Crippen LogP contribution in [0.5, 0.6) is 0 Å². The Morgan fingerprint density at radius 2 is 1.72 bits per heavy atom. The molecule has 0 aliphatic heterocycles. The number of hydrogen-bond donors (Lipinski definition) is 1. The van der Waals surface area contributed by atoms with Crippen LogP contribution in [0.1, 0.15) is 25.2 Å². The van der Waals surface area contributed by atoms with Crippen molar-refractivity contribution < 1.29 is 13.6 Å². The average Bonchev–Trinajstić information content (AvgIpc) is 2.38. The van der Waals surface area contributed by atoms with Gasteiger partial charge in [0.25, 0.3) is 0 Å². The van der Waals surface area contributed by atoms with Gasteiger partial charge in [-0.15, -0.1) is 11.8 Å². The summed E-state index contributed by atoms with van der Waals surface area (Å²) < 4.78 is 23.0. The summed E-state index contributed by atoms with van der Waals surface area (Å²) in [7, 11) is -3.28. The van der Waals surface area contributed by atoms with Crippen LogP contribution >= 0.6 is 19.4 Å². The zero-order chi connectivity index (χ0) is 13.6. The molecule has 2 N–H and O–H groups in total. The van der Waals surface area contributed by atoms with Crippen molar-refractivity contribution in [2.24, 2.45) is 5.73 Å². The van der Waals surface area contributed by atoms with Crippen LogP contribution in [-0.4, -0.2) is 19.5 Å². The Bertz CT molecular complexity index is 400. The Morgan fingerprint density at radius 3 is 2.11 bits per heavy atom. The van der Waals surface area contributed by atoms with Crippen molar-refractivity contribution in [1.29, 1.82) is 0 Å². The molecule has 4 nitrogen and oxygen atoms in total. The second-order valence-electron chi connectivity index (χ2n) is 3.59. The van der Waals surface area contributed by atoms with Gasteiger partial charge in [-0.2, -0.15) is 0 Å². The maximum Gasteiger partial charge on any atom is 0.351 e. The molecule has 0 saturated heterocycles. The lowest BCUT2D eigenvalue weighted by molar-refractivity contribution is 0.212. The topological polar surface area (TPSA) is 61.5 Å². The molecule has 1 rings (SSSR count). The van der Waals surface area contributed by atoms with Gasteiger partial charge < -0.3 is 14.8 Å². The highest BCUT2D eigenvalue weighted by Crippen LogP contribution is 2.58. The van der Waals surface area contributed by atoms with Gasteiger partial charge in [0.15, 0.2) is 0 Å². The van der Waals surface area contributed by atoms with Crippen molar-refractivity contribution >= 4 is 19.4 Å². The van der Waals surface area contributed by atoms with Crippen LogP contribution in [0.25, 0.3) is 0 Å². The van der Waals surface area contributed by atoms with Crippen molar-refractivity contribution in [3.05, 3.63) is 29.8 Å². The van der Waals surface area contributed by atoms with Crippen LogP contribution in [0.2, 0.25) is 0 Å². The summed E-state index contributed by atoms with van der Waals surface area (Å²) in [6.45, 7) is 4.17. The maximum absolute atomic E-state index is 12.5. The molecule has 0 spiro atoms. The van der Waals surface area contributed by atoms with Crippen molar-refractivity contribution in [3.63, 3.8) is 0 Å². The van der Waals surface area contributed by atoms with Crippen molar-refractivity contribution in [3.8, 4) is 0 Å². The molecule has 1 aromatic carbocycles. The Morgan fingerprint density at radius 1 is 1.22 bits per heavy atom. The van der Waals surface area contributed by atoms with E-state index in [1.165, 1.54) is 0 Å². The maximum atomic E-state index is 12.5. The Hall–Kier alpha value is -0.320. The molecule has 0 aliphatic carbocycles. The average molecular weight is 289 g/mol. The van der Waals surface area contributed by atoms with E-state index in [0.29, 0.717) is 13.2 Å². The first-order valence-electron chi connectivity index (χ1n) is 5.85. The minimum absolute atomic E-state index is 0.313. The van der Waals surface area contributed by atoms with E-state index in [2.05, 4.69) is 0 Å². The van der Waals surface area contributed by atoms with Crippen molar-refractivity contribution in [2.45, 2.75) is 24.5 Å². The first-order chi connectivity index (χ1) is 8.57. The summed E-state index contributed by atoms with van der Waals surface area (Å²) in [5.74, 6) is -0.742. The summed E-state index contributed by atoms with van der Waals surface area (Å²) in [6, 6.07) is 7.62. The Labute approximate surface area is 113 Å². The highest BCUT2D eigenvalue weighted by atomic mass is 32.2. The third kappa shape index (κ3) is 3.84. The van der Waals surface area contributed by atoms with E-state index in [-0.39, 0.29) is 0 Å². The molecule has 0 aromatic heterocycles. The molecule has 0 fully saturated rings. The Balaban J connectivity index is 2.94. The lowest BCUT2D eigenvalue weighted by Crippen LogP contribution is -2.14. The minimum Gasteiger partial charge on any atom is -0.314 e. The van der Waals surface area contributed by atoms with Gasteiger partial charge in [-0.25, -0.2) is 0 Å². The molecule has 0 saturated carbocycles. The minimum atomic E-state index is -3.28. The number of benzene rings is 1. The quantitative estimate of drug-likeness (QED) is 0.613. The first kappa shape index (κ1) is 15.7. The molecule has 0 radical (unpaired) electrons. The molecule has 1 atom stereocenters. The molecular weight excluding hydrogens is 269 g/mol. The van der Waals surface area contributed by atoms with Crippen molar-refractivity contribution in [2.75, 3.05) is 19.5 Å². The summed E-state index contributed by atoms with van der Waals surface area (Å²) >= 11 is 1.64. The van der Waals surface area contributed by atoms with Gasteiger partial charge in [0, 0.05) is 4.90 Å². The Kier molecular flexibility index (Phi) is 6.39. The highest BCUT2D eigenvalue weighted by molar-refractivity contribution is 7.98. The van der Waals surface area contributed by atoms with Gasteiger partial charge in [0.2, 0.25) is 0 Å². The summed E-state index contributed by atoms with van der Waals surface area (Å²) in [4.78, 5) is 1.13. The molecule has 0 aliphatic rings. The van der Waals surface area contributed by atoms with E-state index < -0.39 is 13.4 Å². The molecule has 0 heterocycles. The normalized spacial score (nSPS) is 13.6. The van der Waals surface area contributed by atoms with Gasteiger partial charge in [-0.05, 0) is 37.8 Å². The summed E-state index contributed by atoms with van der Waals surface area (Å²) in [5, 5.41) is 0. The monoisotopic (exact) mass is 289 g/mol. The van der Waals surface area contributed by atoms with E-state index in [4.69, 9.17) is 14.8 Å².